The highest BCUT2D eigenvalue weighted by Gasteiger charge is 2.15. The standard InChI is InChI=1S/C13H10FN3O/c14-10-3-1-2-8-6-11(18-13(8)10)12(15)9-4-5-16-17-7-9/h1-7,12H,15H2. The lowest BCUT2D eigenvalue weighted by molar-refractivity contribution is 0.501. The fraction of sp³-hybridized carbons (Fsp3) is 0.0769. The summed E-state index contributed by atoms with van der Waals surface area (Å²) in [6.45, 7) is 0. The molecule has 0 aliphatic carbocycles. The van der Waals surface area contributed by atoms with E-state index in [9.17, 15) is 4.39 Å². The Kier molecular flexibility index (Phi) is 2.53. The molecule has 18 heavy (non-hydrogen) atoms. The van der Waals surface area contributed by atoms with Crippen molar-refractivity contribution in [3.8, 4) is 0 Å². The molecule has 0 amide bonds. The Hall–Kier alpha value is -2.27. The van der Waals surface area contributed by atoms with Crippen LogP contribution < -0.4 is 5.73 Å². The summed E-state index contributed by atoms with van der Waals surface area (Å²) in [5.41, 5.74) is 7.04. The van der Waals surface area contributed by atoms with E-state index in [1.165, 1.54) is 6.07 Å². The van der Waals surface area contributed by atoms with E-state index in [1.807, 2.05) is 0 Å². The molecule has 2 aromatic heterocycles. The van der Waals surface area contributed by atoms with Crippen LogP contribution in [0, 0.1) is 5.82 Å². The third-order valence-electron chi connectivity index (χ3n) is 2.79. The maximum absolute atomic E-state index is 13.5. The number of halogens is 1. The van der Waals surface area contributed by atoms with Crippen molar-refractivity contribution in [1.29, 1.82) is 0 Å². The molecule has 0 aliphatic heterocycles. The van der Waals surface area contributed by atoms with Gasteiger partial charge in [0.15, 0.2) is 11.4 Å². The van der Waals surface area contributed by atoms with E-state index in [-0.39, 0.29) is 11.4 Å². The smallest absolute Gasteiger partial charge is 0.169 e. The van der Waals surface area contributed by atoms with Gasteiger partial charge in [-0.15, -0.1) is 0 Å². The molecule has 0 spiro atoms. The van der Waals surface area contributed by atoms with Crippen LogP contribution in [0.4, 0.5) is 4.39 Å². The van der Waals surface area contributed by atoms with Crippen molar-refractivity contribution in [2.45, 2.75) is 6.04 Å². The van der Waals surface area contributed by atoms with Gasteiger partial charge in [0, 0.05) is 11.6 Å². The maximum Gasteiger partial charge on any atom is 0.169 e. The fourth-order valence-corrected chi connectivity index (χ4v) is 1.85. The minimum atomic E-state index is -0.479. The van der Waals surface area contributed by atoms with E-state index in [4.69, 9.17) is 10.2 Å². The molecule has 1 aromatic carbocycles. The van der Waals surface area contributed by atoms with Gasteiger partial charge in [0.05, 0.1) is 12.2 Å². The van der Waals surface area contributed by atoms with Gasteiger partial charge in [0.2, 0.25) is 0 Å². The second-order valence-electron chi connectivity index (χ2n) is 3.96. The lowest BCUT2D eigenvalue weighted by atomic mass is 10.1. The molecule has 0 saturated carbocycles. The lowest BCUT2D eigenvalue weighted by Crippen LogP contribution is -2.11. The molecule has 0 radical (unpaired) electrons. The summed E-state index contributed by atoms with van der Waals surface area (Å²) in [5, 5.41) is 8.14. The molecule has 5 heteroatoms. The minimum Gasteiger partial charge on any atom is -0.456 e. The van der Waals surface area contributed by atoms with Gasteiger partial charge < -0.3 is 10.2 Å². The van der Waals surface area contributed by atoms with Crippen LogP contribution in [0.1, 0.15) is 17.4 Å². The monoisotopic (exact) mass is 243 g/mol. The van der Waals surface area contributed by atoms with Crippen LogP contribution >= 0.6 is 0 Å². The second kappa shape index (κ2) is 4.19. The molecule has 3 rings (SSSR count). The second-order valence-corrected chi connectivity index (χ2v) is 3.96. The minimum absolute atomic E-state index is 0.227. The van der Waals surface area contributed by atoms with E-state index in [0.29, 0.717) is 11.1 Å². The van der Waals surface area contributed by atoms with Crippen LogP contribution in [-0.2, 0) is 0 Å². The highest BCUT2D eigenvalue weighted by Crippen LogP contribution is 2.27. The molecule has 0 fully saturated rings. The fourth-order valence-electron chi connectivity index (χ4n) is 1.85. The van der Waals surface area contributed by atoms with Crippen molar-refractivity contribution in [2.24, 2.45) is 5.73 Å². The molecule has 0 aliphatic rings. The molecule has 90 valence electrons. The number of rotatable bonds is 2. The molecule has 1 atom stereocenters. The molecule has 2 N–H and O–H groups in total. The molecule has 0 bridgehead atoms. The SMILES string of the molecule is NC(c1ccnnc1)c1cc2cccc(F)c2o1. The average Bonchev–Trinajstić information content (AvgIpc) is 2.84. The maximum atomic E-state index is 13.5. The van der Waals surface area contributed by atoms with Crippen molar-refractivity contribution in [3.63, 3.8) is 0 Å². The largest absolute Gasteiger partial charge is 0.456 e. The van der Waals surface area contributed by atoms with Crippen molar-refractivity contribution in [1.82, 2.24) is 10.2 Å². The number of hydrogen-bond donors (Lipinski definition) is 1. The molecule has 4 nitrogen and oxygen atoms in total. The van der Waals surface area contributed by atoms with E-state index in [2.05, 4.69) is 10.2 Å². The van der Waals surface area contributed by atoms with E-state index in [0.717, 1.165) is 5.56 Å². The molecule has 0 saturated heterocycles. The van der Waals surface area contributed by atoms with Gasteiger partial charge in [-0.05, 0) is 23.8 Å². The number of benzene rings is 1. The van der Waals surface area contributed by atoms with E-state index in [1.54, 1.807) is 36.7 Å². The molecule has 2 heterocycles. The van der Waals surface area contributed by atoms with Gasteiger partial charge in [-0.2, -0.15) is 10.2 Å². The third-order valence-corrected chi connectivity index (χ3v) is 2.79. The first kappa shape index (κ1) is 10.9. The summed E-state index contributed by atoms with van der Waals surface area (Å²) in [6, 6.07) is 7.78. The van der Waals surface area contributed by atoms with Gasteiger partial charge in [-0.3, -0.25) is 0 Å². The highest BCUT2D eigenvalue weighted by molar-refractivity contribution is 5.78. The van der Waals surface area contributed by atoms with Crippen LogP contribution in [-0.4, -0.2) is 10.2 Å². The summed E-state index contributed by atoms with van der Waals surface area (Å²) < 4.78 is 19.0. The van der Waals surface area contributed by atoms with Gasteiger partial charge in [-0.25, -0.2) is 4.39 Å². The number of furan rings is 1. The Balaban J connectivity index is 2.07. The quantitative estimate of drug-likeness (QED) is 0.750. The zero-order valence-corrected chi connectivity index (χ0v) is 9.38. The number of hydrogen-bond acceptors (Lipinski definition) is 4. The zero-order valence-electron chi connectivity index (χ0n) is 9.38. The first-order chi connectivity index (χ1) is 8.75. The predicted molar refractivity (Wildman–Crippen MR) is 64.2 cm³/mol. The van der Waals surface area contributed by atoms with Crippen LogP contribution in [0.2, 0.25) is 0 Å². The van der Waals surface area contributed by atoms with Crippen LogP contribution in [0.15, 0.2) is 47.1 Å². The Morgan fingerprint density at radius 2 is 2.11 bits per heavy atom. The Bertz CT molecular complexity index is 681. The summed E-state index contributed by atoms with van der Waals surface area (Å²) >= 11 is 0. The predicted octanol–water partition coefficient (Wildman–Crippen LogP) is 2.41. The van der Waals surface area contributed by atoms with E-state index >= 15 is 0 Å². The molecular formula is C13H10FN3O. The zero-order chi connectivity index (χ0) is 12.5. The van der Waals surface area contributed by atoms with Crippen LogP contribution in [0.5, 0.6) is 0 Å². The van der Waals surface area contributed by atoms with Crippen molar-refractivity contribution >= 4 is 11.0 Å². The molecule has 1 unspecified atom stereocenters. The van der Waals surface area contributed by atoms with Crippen molar-refractivity contribution in [3.05, 3.63) is 59.9 Å². The van der Waals surface area contributed by atoms with E-state index < -0.39 is 6.04 Å². The van der Waals surface area contributed by atoms with Gasteiger partial charge in [0.25, 0.3) is 0 Å². The van der Waals surface area contributed by atoms with Crippen molar-refractivity contribution < 1.29 is 8.81 Å². The number of aromatic nitrogens is 2. The lowest BCUT2D eigenvalue weighted by Gasteiger charge is -2.06. The number of nitrogens with zero attached hydrogens (tertiary/aromatic N) is 2. The Labute approximate surface area is 102 Å². The molecular weight excluding hydrogens is 233 g/mol. The summed E-state index contributed by atoms with van der Waals surface area (Å²) in [4.78, 5) is 0. The summed E-state index contributed by atoms with van der Waals surface area (Å²) in [6.07, 6.45) is 3.12. The number of para-hydroxylation sites is 1. The Morgan fingerprint density at radius 3 is 2.83 bits per heavy atom. The topological polar surface area (TPSA) is 64.9 Å². The highest BCUT2D eigenvalue weighted by atomic mass is 19.1. The first-order valence-electron chi connectivity index (χ1n) is 5.46. The molecule has 3 aromatic rings. The third kappa shape index (κ3) is 1.74. The number of nitrogens with two attached hydrogens (primary N) is 1. The van der Waals surface area contributed by atoms with Gasteiger partial charge >= 0.3 is 0 Å². The first-order valence-corrected chi connectivity index (χ1v) is 5.46. The van der Waals surface area contributed by atoms with Gasteiger partial charge in [0.1, 0.15) is 5.76 Å². The van der Waals surface area contributed by atoms with Crippen molar-refractivity contribution in [2.75, 3.05) is 0 Å². The normalized spacial score (nSPS) is 12.8. The number of fused-ring (bicyclic) bond motifs is 1. The summed E-state index contributed by atoms with van der Waals surface area (Å²) in [5.74, 6) is 0.113. The van der Waals surface area contributed by atoms with Gasteiger partial charge in [-0.1, -0.05) is 12.1 Å². The van der Waals surface area contributed by atoms with Crippen LogP contribution in [0.3, 0.4) is 0 Å². The Morgan fingerprint density at radius 1 is 1.22 bits per heavy atom. The average molecular weight is 243 g/mol. The summed E-state index contributed by atoms with van der Waals surface area (Å²) in [7, 11) is 0. The van der Waals surface area contributed by atoms with Crippen LogP contribution in [0.25, 0.3) is 11.0 Å².